The first kappa shape index (κ1) is 36.4. The number of aromatic nitrogens is 6. The summed E-state index contributed by atoms with van der Waals surface area (Å²) in [5, 5.41) is 12.3. The Hall–Kier alpha value is -5.84. The summed E-state index contributed by atoms with van der Waals surface area (Å²) in [6.07, 6.45) is 8.66. The van der Waals surface area contributed by atoms with Crippen LogP contribution in [-0.2, 0) is 26.9 Å². The van der Waals surface area contributed by atoms with Gasteiger partial charge in [0.2, 0.25) is 0 Å². The Kier molecular flexibility index (Phi) is 11.9. The minimum Gasteiger partial charge on any atom is -0.381 e. The largest absolute Gasteiger partial charge is 0.381 e. The van der Waals surface area contributed by atoms with Crippen LogP contribution >= 0.6 is 0 Å². The predicted octanol–water partition coefficient (Wildman–Crippen LogP) is 3.30. The van der Waals surface area contributed by atoms with Crippen molar-refractivity contribution in [2.45, 2.75) is 38.6 Å². The molecule has 5 aromatic rings. The van der Waals surface area contributed by atoms with Crippen molar-refractivity contribution in [1.29, 1.82) is 0 Å². The fraction of sp³-hybridized carbons (Fsp3) is 0.316. The first-order chi connectivity index (χ1) is 24.7. The van der Waals surface area contributed by atoms with Crippen LogP contribution in [0.2, 0.25) is 0 Å². The standard InChI is InChI=1S/C30H34N6O.C8H11N5O/c1-4-28-33-26-12-8-9-22(29(26)30(37)36(28)25-10-6-5-7-11-25)13-14-23-21-32-34(3)27(23)17-20-35-18-15-24(31-2)16-19-35;1-3-4-11-8-5(7(10)14)6(9)12-13(8)2/h5-12,21,24,31H,4,15-20H2,1-3H3;3-4H,1H2,2H3,(H2,9,12)(H2,10,14)/b;11-4-. The second-order valence-corrected chi connectivity index (χ2v) is 12.2. The molecule has 0 spiro atoms. The third kappa shape index (κ3) is 8.31. The highest BCUT2D eigenvalue weighted by molar-refractivity contribution is 6.02. The lowest BCUT2D eigenvalue weighted by atomic mass is 10.0. The van der Waals surface area contributed by atoms with Crippen LogP contribution in [-0.4, -0.2) is 78.9 Å². The number of piperidine rings is 1. The van der Waals surface area contributed by atoms with Crippen LogP contribution in [0.4, 0.5) is 11.6 Å². The molecule has 2 aromatic carbocycles. The van der Waals surface area contributed by atoms with Crippen LogP contribution in [0.25, 0.3) is 16.6 Å². The molecule has 13 nitrogen and oxygen atoms in total. The van der Waals surface area contributed by atoms with Gasteiger partial charge in [0.1, 0.15) is 11.4 Å². The van der Waals surface area contributed by atoms with Crippen molar-refractivity contribution in [2.24, 2.45) is 24.8 Å². The lowest BCUT2D eigenvalue weighted by Crippen LogP contribution is -2.42. The zero-order valence-electron chi connectivity index (χ0n) is 29.6. The molecular formula is C38H45N11O2. The summed E-state index contributed by atoms with van der Waals surface area (Å²) in [7, 11) is 5.64. The lowest BCUT2D eigenvalue weighted by Gasteiger charge is -2.31. The number of aryl methyl sites for hydroxylation is 3. The SMILES string of the molecule is C=C/C=N\c1c(C(N)=O)c(N)nn1C.CCc1nc2cccc(C#Cc3cnn(C)c3CCN3CCC(NC)CC3)c2c(=O)n1-c1ccccc1. The molecular weight excluding hydrogens is 642 g/mol. The second-order valence-electron chi connectivity index (χ2n) is 12.2. The van der Waals surface area contributed by atoms with Crippen molar-refractivity contribution in [3.05, 3.63) is 106 Å². The minimum atomic E-state index is -0.646. The van der Waals surface area contributed by atoms with Gasteiger partial charge in [-0.2, -0.15) is 10.2 Å². The number of anilines is 1. The molecule has 4 heterocycles. The number of hydrogen-bond donors (Lipinski definition) is 3. The van der Waals surface area contributed by atoms with E-state index < -0.39 is 5.91 Å². The fourth-order valence-corrected chi connectivity index (χ4v) is 6.21. The van der Waals surface area contributed by atoms with E-state index in [-0.39, 0.29) is 16.9 Å². The minimum absolute atomic E-state index is 0.0798. The molecule has 6 rings (SSSR count). The number of likely N-dealkylation sites (tertiary alicyclic amines) is 1. The molecule has 1 amide bonds. The van der Waals surface area contributed by atoms with Gasteiger partial charge in [-0.15, -0.1) is 0 Å². The Morgan fingerprint density at radius 3 is 2.47 bits per heavy atom. The average molecular weight is 688 g/mol. The number of nitrogens with two attached hydrogens (primary N) is 2. The van der Waals surface area contributed by atoms with Gasteiger partial charge >= 0.3 is 0 Å². The molecule has 1 aliphatic heterocycles. The lowest BCUT2D eigenvalue weighted by molar-refractivity contribution is 0.100. The summed E-state index contributed by atoms with van der Waals surface area (Å²) in [5.74, 6) is 7.11. The molecule has 51 heavy (non-hydrogen) atoms. The van der Waals surface area contributed by atoms with Crippen LogP contribution in [0, 0.1) is 11.8 Å². The summed E-state index contributed by atoms with van der Waals surface area (Å²) in [6.45, 7) is 8.69. The number of allylic oxidation sites excluding steroid dienone is 1. The van der Waals surface area contributed by atoms with Crippen LogP contribution in [0.15, 0.2) is 77.2 Å². The molecule has 0 saturated carbocycles. The summed E-state index contributed by atoms with van der Waals surface area (Å²) in [6, 6.07) is 16.0. The molecule has 0 bridgehead atoms. The predicted molar refractivity (Wildman–Crippen MR) is 203 cm³/mol. The van der Waals surface area contributed by atoms with E-state index in [2.05, 4.69) is 43.8 Å². The van der Waals surface area contributed by atoms with Crippen LogP contribution < -0.4 is 22.3 Å². The van der Waals surface area contributed by atoms with E-state index in [0.717, 1.165) is 48.8 Å². The zero-order chi connectivity index (χ0) is 36.5. The van der Waals surface area contributed by atoms with Crippen molar-refractivity contribution in [3.63, 3.8) is 0 Å². The topological polar surface area (TPSA) is 167 Å². The fourth-order valence-electron chi connectivity index (χ4n) is 6.21. The molecule has 5 N–H and O–H groups in total. The monoisotopic (exact) mass is 687 g/mol. The maximum absolute atomic E-state index is 13.8. The molecule has 1 aliphatic rings. The first-order valence-corrected chi connectivity index (χ1v) is 17.0. The van der Waals surface area contributed by atoms with Crippen LogP contribution in [0.5, 0.6) is 0 Å². The number of nitrogens with one attached hydrogen (secondary N) is 1. The molecule has 0 aliphatic carbocycles. The van der Waals surface area contributed by atoms with Gasteiger partial charge in [-0.1, -0.05) is 55.7 Å². The van der Waals surface area contributed by atoms with Gasteiger partial charge in [-0.05, 0) is 57.2 Å². The van der Waals surface area contributed by atoms with Gasteiger partial charge < -0.3 is 21.7 Å². The Bertz CT molecular complexity index is 2160. The Labute approximate surface area is 297 Å². The first-order valence-electron chi connectivity index (χ1n) is 17.0. The van der Waals surface area contributed by atoms with E-state index in [4.69, 9.17) is 16.5 Å². The Morgan fingerprint density at radius 1 is 1.08 bits per heavy atom. The third-order valence-electron chi connectivity index (χ3n) is 8.94. The number of benzene rings is 2. The number of para-hydroxylation sites is 1. The Morgan fingerprint density at radius 2 is 1.80 bits per heavy atom. The summed E-state index contributed by atoms with van der Waals surface area (Å²) < 4.78 is 5.01. The van der Waals surface area contributed by atoms with E-state index in [1.165, 1.54) is 29.8 Å². The maximum Gasteiger partial charge on any atom is 0.267 e. The van der Waals surface area contributed by atoms with E-state index >= 15 is 0 Å². The molecule has 0 radical (unpaired) electrons. The normalized spacial score (nSPS) is 13.5. The molecule has 0 atom stereocenters. The van der Waals surface area contributed by atoms with E-state index in [9.17, 15) is 9.59 Å². The molecule has 264 valence electrons. The highest BCUT2D eigenvalue weighted by atomic mass is 16.1. The van der Waals surface area contributed by atoms with E-state index in [0.29, 0.717) is 34.7 Å². The van der Waals surface area contributed by atoms with Gasteiger partial charge in [-0.25, -0.2) is 14.7 Å². The van der Waals surface area contributed by atoms with Crippen molar-refractivity contribution >= 4 is 34.7 Å². The molecule has 3 aromatic heterocycles. The van der Waals surface area contributed by atoms with Gasteiger partial charge in [0.25, 0.3) is 11.5 Å². The van der Waals surface area contributed by atoms with Gasteiger partial charge in [-0.3, -0.25) is 18.8 Å². The number of hydrogen-bond acceptors (Lipinski definition) is 9. The second kappa shape index (κ2) is 16.7. The zero-order valence-corrected chi connectivity index (χ0v) is 29.6. The van der Waals surface area contributed by atoms with Crippen molar-refractivity contribution in [3.8, 4) is 17.5 Å². The number of carbonyl (C=O) groups is 1. The third-order valence-corrected chi connectivity index (χ3v) is 8.94. The average Bonchev–Trinajstić information content (AvgIpc) is 3.64. The van der Waals surface area contributed by atoms with Crippen molar-refractivity contribution < 1.29 is 4.79 Å². The summed E-state index contributed by atoms with van der Waals surface area (Å²) in [5.41, 5.74) is 14.9. The number of aliphatic imine (C=N–C) groups is 1. The summed E-state index contributed by atoms with van der Waals surface area (Å²) >= 11 is 0. The van der Waals surface area contributed by atoms with Crippen molar-refractivity contribution in [1.82, 2.24) is 39.3 Å². The number of carbonyl (C=O) groups excluding carboxylic acids is 1. The smallest absolute Gasteiger partial charge is 0.267 e. The van der Waals surface area contributed by atoms with Gasteiger partial charge in [0.15, 0.2) is 11.6 Å². The molecule has 0 unspecified atom stereocenters. The van der Waals surface area contributed by atoms with Crippen LogP contribution in [0.1, 0.15) is 52.8 Å². The molecule has 1 saturated heterocycles. The Balaban J connectivity index is 0.000000303. The highest BCUT2D eigenvalue weighted by Gasteiger charge is 2.19. The number of primary amides is 1. The van der Waals surface area contributed by atoms with Crippen molar-refractivity contribution in [2.75, 3.05) is 32.4 Å². The number of rotatable bonds is 9. The van der Waals surface area contributed by atoms with Crippen LogP contribution in [0.3, 0.4) is 0 Å². The van der Waals surface area contributed by atoms with E-state index in [1.807, 2.05) is 80.4 Å². The van der Waals surface area contributed by atoms with E-state index in [1.54, 1.807) is 11.6 Å². The highest BCUT2D eigenvalue weighted by Crippen LogP contribution is 2.23. The number of nitrogen functional groups attached to an aromatic ring is 1. The van der Waals surface area contributed by atoms with Gasteiger partial charge in [0, 0.05) is 51.3 Å². The molecule has 1 fully saturated rings. The quantitative estimate of drug-likeness (QED) is 0.157. The number of nitrogens with zero attached hydrogens (tertiary/aromatic N) is 8. The molecule has 13 heteroatoms. The number of fused-ring (bicyclic) bond motifs is 1. The maximum atomic E-state index is 13.8. The number of amides is 1. The van der Waals surface area contributed by atoms with Gasteiger partial charge in [0.05, 0.1) is 34.0 Å². The summed E-state index contributed by atoms with van der Waals surface area (Å²) in [4.78, 5) is 36.1.